The molecule has 0 saturated heterocycles. The van der Waals surface area contributed by atoms with Crippen molar-refractivity contribution in [2.45, 2.75) is 13.8 Å². The van der Waals surface area contributed by atoms with Gasteiger partial charge in [-0.3, -0.25) is 19.5 Å². The number of benzene rings is 1. The van der Waals surface area contributed by atoms with Gasteiger partial charge >= 0.3 is 0 Å². The molecule has 0 radical (unpaired) electrons. The number of aryl methyl sites for hydroxylation is 1. The zero-order valence-corrected chi connectivity index (χ0v) is 14.8. The fourth-order valence-electron chi connectivity index (χ4n) is 2.05. The molecule has 26 heavy (non-hydrogen) atoms. The zero-order chi connectivity index (χ0) is 18.5. The molecule has 10 heteroatoms. The Morgan fingerprint density at radius 2 is 2.08 bits per heavy atom. The molecule has 1 amide bonds. The van der Waals surface area contributed by atoms with Crippen LogP contribution in [0.4, 0.5) is 16.8 Å². The summed E-state index contributed by atoms with van der Waals surface area (Å²) in [6.45, 7) is 3.04. The summed E-state index contributed by atoms with van der Waals surface area (Å²) >= 11 is 1.32. The summed E-state index contributed by atoms with van der Waals surface area (Å²) < 4.78 is 0. The van der Waals surface area contributed by atoms with E-state index in [2.05, 4.69) is 30.7 Å². The fraction of sp³-hybridized carbons (Fsp3) is 0.125. The van der Waals surface area contributed by atoms with Gasteiger partial charge in [-0.1, -0.05) is 18.2 Å². The minimum Gasteiger partial charge on any atom is -0.288 e. The van der Waals surface area contributed by atoms with E-state index in [9.17, 15) is 9.59 Å². The summed E-state index contributed by atoms with van der Waals surface area (Å²) in [5, 5.41) is 13.7. The minimum atomic E-state index is -0.339. The lowest BCUT2D eigenvalue weighted by Gasteiger charge is -2.17. The second kappa shape index (κ2) is 7.66. The number of carbonyl (C=O) groups is 1. The molecule has 1 aromatic carbocycles. The maximum atomic E-state index is 12.0. The molecule has 2 N–H and O–H groups in total. The maximum Gasteiger partial charge on any atom is 0.274 e. The second-order valence-electron chi connectivity index (χ2n) is 5.20. The van der Waals surface area contributed by atoms with Crippen molar-refractivity contribution in [3.8, 4) is 0 Å². The maximum absolute atomic E-state index is 12.0. The second-order valence-corrected chi connectivity index (χ2v) is 6.04. The van der Waals surface area contributed by atoms with Crippen molar-refractivity contribution < 1.29 is 4.79 Å². The molecule has 0 fully saturated rings. The van der Waals surface area contributed by atoms with Gasteiger partial charge in [0.2, 0.25) is 11.9 Å². The Bertz CT molecular complexity index is 997. The largest absolute Gasteiger partial charge is 0.288 e. The third kappa shape index (κ3) is 3.98. The number of rotatable bonds is 5. The van der Waals surface area contributed by atoms with Crippen LogP contribution in [0.5, 0.6) is 0 Å². The van der Waals surface area contributed by atoms with Gasteiger partial charge in [-0.25, -0.2) is 10.4 Å². The first-order valence-electron chi connectivity index (χ1n) is 7.58. The Kier molecular flexibility index (Phi) is 5.13. The number of para-hydroxylation sites is 1. The Morgan fingerprint density at radius 3 is 2.77 bits per heavy atom. The van der Waals surface area contributed by atoms with Crippen molar-refractivity contribution in [1.29, 1.82) is 0 Å². The molecule has 3 aromatic rings. The van der Waals surface area contributed by atoms with Gasteiger partial charge in [0.05, 0.1) is 17.6 Å². The number of amides is 1. The third-order valence-electron chi connectivity index (χ3n) is 3.26. The van der Waals surface area contributed by atoms with E-state index in [-0.39, 0.29) is 23.1 Å². The monoisotopic (exact) mass is 369 g/mol. The molecule has 0 atom stereocenters. The Balaban J connectivity index is 1.75. The van der Waals surface area contributed by atoms with Crippen LogP contribution in [0.25, 0.3) is 0 Å². The summed E-state index contributed by atoms with van der Waals surface area (Å²) in [7, 11) is 0. The van der Waals surface area contributed by atoms with Gasteiger partial charge in [0, 0.05) is 12.3 Å². The summed E-state index contributed by atoms with van der Waals surface area (Å²) in [6.07, 6.45) is 1.46. The van der Waals surface area contributed by atoms with Crippen molar-refractivity contribution in [2.75, 3.05) is 10.3 Å². The predicted octanol–water partition coefficient (Wildman–Crippen LogP) is 2.06. The third-order valence-corrected chi connectivity index (χ3v) is 4.10. The molecule has 2 heterocycles. The van der Waals surface area contributed by atoms with Crippen LogP contribution in [0, 0.1) is 6.92 Å². The van der Waals surface area contributed by atoms with E-state index >= 15 is 0 Å². The summed E-state index contributed by atoms with van der Waals surface area (Å²) in [4.78, 5) is 31.9. The molecule has 0 bridgehead atoms. The molecule has 0 aliphatic carbocycles. The molecule has 132 valence electrons. The molecule has 9 nitrogen and oxygen atoms in total. The average Bonchev–Trinajstić information content (AvgIpc) is 3.07. The first kappa shape index (κ1) is 17.4. The van der Waals surface area contributed by atoms with Crippen LogP contribution in [0.15, 0.2) is 45.6 Å². The van der Waals surface area contributed by atoms with E-state index in [1.165, 1.54) is 29.4 Å². The lowest BCUT2D eigenvalue weighted by Crippen LogP contribution is -2.22. The van der Waals surface area contributed by atoms with Gasteiger partial charge in [0.15, 0.2) is 5.13 Å². The van der Waals surface area contributed by atoms with Gasteiger partial charge < -0.3 is 0 Å². The van der Waals surface area contributed by atoms with Gasteiger partial charge in [-0.15, -0.1) is 21.5 Å². The van der Waals surface area contributed by atoms with Crippen LogP contribution in [-0.4, -0.2) is 32.3 Å². The molecule has 0 saturated carbocycles. The predicted molar refractivity (Wildman–Crippen MR) is 100.0 cm³/mol. The molecule has 0 unspecified atom stereocenters. The Labute approximate surface area is 152 Å². The quantitative estimate of drug-likeness (QED) is 0.525. The molecule has 3 rings (SSSR count). The number of aromatic amines is 1. The summed E-state index contributed by atoms with van der Waals surface area (Å²) in [5.41, 5.74) is 3.81. The highest BCUT2D eigenvalue weighted by Crippen LogP contribution is 2.28. The number of H-pyrrole nitrogens is 1. The average molecular weight is 369 g/mol. The van der Waals surface area contributed by atoms with Crippen molar-refractivity contribution in [3.05, 3.63) is 57.5 Å². The lowest BCUT2D eigenvalue weighted by atomic mass is 10.3. The molecule has 2 aromatic heterocycles. The van der Waals surface area contributed by atoms with Crippen molar-refractivity contribution in [2.24, 2.45) is 5.10 Å². The number of nitrogens with one attached hydrogen (secondary N) is 2. The van der Waals surface area contributed by atoms with Crippen LogP contribution >= 0.6 is 11.3 Å². The highest BCUT2D eigenvalue weighted by atomic mass is 32.1. The topological polar surface area (TPSA) is 116 Å². The first-order chi connectivity index (χ1) is 12.5. The van der Waals surface area contributed by atoms with E-state index in [0.717, 1.165) is 5.69 Å². The lowest BCUT2D eigenvalue weighted by molar-refractivity contribution is -0.115. The van der Waals surface area contributed by atoms with E-state index in [1.54, 1.807) is 12.3 Å². The number of thiazole rings is 1. The van der Waals surface area contributed by atoms with Crippen molar-refractivity contribution in [1.82, 2.24) is 20.2 Å². The summed E-state index contributed by atoms with van der Waals surface area (Å²) in [6, 6.07) is 9.27. The fourth-order valence-corrected chi connectivity index (χ4v) is 2.88. The van der Waals surface area contributed by atoms with Gasteiger partial charge in [0.1, 0.15) is 5.69 Å². The first-order valence-corrected chi connectivity index (χ1v) is 8.46. The minimum absolute atomic E-state index is 0.127. The van der Waals surface area contributed by atoms with Crippen molar-refractivity contribution >= 4 is 40.2 Å². The van der Waals surface area contributed by atoms with E-state index < -0.39 is 0 Å². The Morgan fingerprint density at radius 1 is 1.31 bits per heavy atom. The van der Waals surface area contributed by atoms with E-state index in [0.29, 0.717) is 10.8 Å². The highest BCUT2D eigenvalue weighted by molar-refractivity contribution is 7.14. The molecule has 0 aliphatic rings. The molecule has 0 spiro atoms. The summed E-state index contributed by atoms with van der Waals surface area (Å²) in [5.74, 6) is -0.0124. The number of nitrogens with zero attached hydrogens (tertiary/aromatic N) is 5. The number of hydrazone groups is 1. The van der Waals surface area contributed by atoms with Crippen LogP contribution < -0.4 is 15.9 Å². The number of hydrogen-bond acceptors (Lipinski definition) is 8. The molecular formula is C16H15N7O2S. The van der Waals surface area contributed by atoms with Gasteiger partial charge in [-0.2, -0.15) is 5.10 Å². The van der Waals surface area contributed by atoms with Crippen molar-refractivity contribution in [3.63, 3.8) is 0 Å². The van der Waals surface area contributed by atoms with E-state index in [1.807, 2.05) is 30.3 Å². The highest BCUT2D eigenvalue weighted by Gasteiger charge is 2.17. The molecular weight excluding hydrogens is 354 g/mol. The normalized spacial score (nSPS) is 10.8. The van der Waals surface area contributed by atoms with Crippen LogP contribution in [0.2, 0.25) is 0 Å². The number of carbonyl (C=O) groups excluding carboxylic acids is 1. The smallest absolute Gasteiger partial charge is 0.274 e. The van der Waals surface area contributed by atoms with Gasteiger partial charge in [-0.05, 0) is 19.1 Å². The standard InChI is InChI=1S/C16H15N7O2S/c1-10-14(25)19-15(22-20-10)21-17-8-12-9-26-16(18-12)23(11(2)24)13-6-4-3-5-7-13/h3-9H,1-2H3,(H2,19,21,22,25)/b17-8-. The number of hydrogen-bond donors (Lipinski definition) is 2. The van der Waals surface area contributed by atoms with Gasteiger partial charge in [0.25, 0.3) is 5.56 Å². The Hall–Kier alpha value is -3.40. The number of aromatic nitrogens is 4. The van der Waals surface area contributed by atoms with Crippen LogP contribution in [-0.2, 0) is 4.79 Å². The van der Waals surface area contributed by atoms with Crippen LogP contribution in [0.3, 0.4) is 0 Å². The SMILES string of the molecule is CC(=O)N(c1ccccc1)c1nc(/C=N\Nc2nnc(C)c(=O)[nH]2)cs1. The van der Waals surface area contributed by atoms with Crippen LogP contribution in [0.1, 0.15) is 18.3 Å². The molecule has 0 aliphatic heterocycles. The number of anilines is 3. The zero-order valence-electron chi connectivity index (χ0n) is 14.0. The van der Waals surface area contributed by atoms with E-state index in [4.69, 9.17) is 0 Å².